The molecule has 0 saturated carbocycles. The van der Waals surface area contributed by atoms with Gasteiger partial charge in [0.25, 0.3) is 5.91 Å². The van der Waals surface area contributed by atoms with Crippen molar-refractivity contribution < 1.29 is 4.79 Å². The van der Waals surface area contributed by atoms with Gasteiger partial charge in [-0.15, -0.1) is 11.3 Å². The zero-order valence-corrected chi connectivity index (χ0v) is 15.7. The van der Waals surface area contributed by atoms with E-state index in [2.05, 4.69) is 31.7 Å². The predicted octanol–water partition coefficient (Wildman–Crippen LogP) is 3.00. The molecule has 7 heteroatoms. The van der Waals surface area contributed by atoms with Crippen molar-refractivity contribution in [3.8, 4) is 10.8 Å². The molecule has 2 aromatic heterocycles. The second kappa shape index (κ2) is 8.37. The summed E-state index contributed by atoms with van der Waals surface area (Å²) in [6, 6.07) is 9.72. The van der Waals surface area contributed by atoms with Crippen LogP contribution in [-0.2, 0) is 6.54 Å². The van der Waals surface area contributed by atoms with Crippen LogP contribution in [0.5, 0.6) is 0 Å². The topological polar surface area (TPSA) is 79.8 Å². The number of amides is 1. The van der Waals surface area contributed by atoms with Gasteiger partial charge in [0.05, 0.1) is 12.2 Å². The van der Waals surface area contributed by atoms with Crippen molar-refractivity contribution in [1.29, 1.82) is 0 Å². The Kier molecular flexibility index (Phi) is 5.50. The van der Waals surface area contributed by atoms with Gasteiger partial charge in [-0.05, 0) is 49.1 Å². The van der Waals surface area contributed by atoms with Crippen molar-refractivity contribution >= 4 is 17.2 Å². The molecule has 1 aromatic carbocycles. The standard InChI is InChI=1S/C20H21N5OS/c26-19(15-5-1-4-14(10-15)16-6-2-7-21-11-16)24-12-17-13-27-20(25-17)18-22-8-3-9-23-18/h1,3-5,8-10,13,16,21H,2,6-7,11-12H2,(H,24,26). The lowest BCUT2D eigenvalue weighted by Crippen LogP contribution is -2.28. The average Bonchev–Trinajstić information content (AvgIpc) is 3.22. The molecule has 0 aliphatic carbocycles. The molecule has 0 radical (unpaired) electrons. The molecule has 1 unspecified atom stereocenters. The summed E-state index contributed by atoms with van der Waals surface area (Å²) in [7, 11) is 0. The molecule has 1 aliphatic rings. The van der Waals surface area contributed by atoms with E-state index in [-0.39, 0.29) is 5.91 Å². The van der Waals surface area contributed by atoms with Crippen molar-refractivity contribution in [2.45, 2.75) is 25.3 Å². The maximum Gasteiger partial charge on any atom is 0.251 e. The fourth-order valence-corrected chi connectivity index (χ4v) is 4.01. The highest BCUT2D eigenvalue weighted by Crippen LogP contribution is 2.24. The lowest BCUT2D eigenvalue weighted by Gasteiger charge is -2.23. The smallest absolute Gasteiger partial charge is 0.251 e. The van der Waals surface area contributed by atoms with Gasteiger partial charge in [-0.1, -0.05) is 12.1 Å². The van der Waals surface area contributed by atoms with Crippen LogP contribution in [0.2, 0.25) is 0 Å². The second-order valence-corrected chi connectivity index (χ2v) is 7.43. The second-order valence-electron chi connectivity index (χ2n) is 6.57. The first-order valence-corrected chi connectivity index (χ1v) is 9.98. The largest absolute Gasteiger partial charge is 0.346 e. The summed E-state index contributed by atoms with van der Waals surface area (Å²) >= 11 is 1.48. The van der Waals surface area contributed by atoms with Gasteiger partial charge in [0.1, 0.15) is 0 Å². The van der Waals surface area contributed by atoms with Gasteiger partial charge in [-0.2, -0.15) is 0 Å². The molecule has 27 heavy (non-hydrogen) atoms. The summed E-state index contributed by atoms with van der Waals surface area (Å²) in [5, 5.41) is 9.07. The summed E-state index contributed by atoms with van der Waals surface area (Å²) in [5.41, 5.74) is 2.73. The fraction of sp³-hybridized carbons (Fsp3) is 0.300. The van der Waals surface area contributed by atoms with Crippen LogP contribution in [0.15, 0.2) is 48.1 Å². The first-order valence-electron chi connectivity index (χ1n) is 9.10. The predicted molar refractivity (Wildman–Crippen MR) is 106 cm³/mol. The number of carbonyl (C=O) groups is 1. The Labute approximate surface area is 162 Å². The number of nitrogens with zero attached hydrogens (tertiary/aromatic N) is 3. The third kappa shape index (κ3) is 4.37. The summed E-state index contributed by atoms with van der Waals surface area (Å²) in [4.78, 5) is 25.5. The molecule has 1 saturated heterocycles. The monoisotopic (exact) mass is 379 g/mol. The first kappa shape index (κ1) is 17.8. The van der Waals surface area contributed by atoms with Gasteiger partial charge < -0.3 is 10.6 Å². The normalized spacial score (nSPS) is 16.8. The van der Waals surface area contributed by atoms with Crippen molar-refractivity contribution in [2.24, 2.45) is 0 Å². The highest BCUT2D eigenvalue weighted by Gasteiger charge is 2.16. The van der Waals surface area contributed by atoms with E-state index in [1.54, 1.807) is 18.5 Å². The van der Waals surface area contributed by atoms with Gasteiger partial charge in [-0.25, -0.2) is 15.0 Å². The highest BCUT2D eigenvalue weighted by atomic mass is 32.1. The van der Waals surface area contributed by atoms with E-state index >= 15 is 0 Å². The fourth-order valence-electron chi connectivity index (χ4n) is 3.24. The summed E-state index contributed by atoms with van der Waals surface area (Å²) in [6.45, 7) is 2.45. The number of hydrogen-bond donors (Lipinski definition) is 2. The van der Waals surface area contributed by atoms with Gasteiger partial charge in [0, 0.05) is 29.9 Å². The van der Waals surface area contributed by atoms with Crippen LogP contribution in [0.4, 0.5) is 0 Å². The minimum atomic E-state index is -0.0777. The molecule has 0 bridgehead atoms. The van der Waals surface area contributed by atoms with E-state index in [4.69, 9.17) is 0 Å². The molecular formula is C20H21N5OS. The minimum absolute atomic E-state index is 0.0777. The number of carbonyl (C=O) groups excluding carboxylic acids is 1. The molecule has 3 aromatic rings. The van der Waals surface area contributed by atoms with Crippen LogP contribution >= 0.6 is 11.3 Å². The average molecular weight is 379 g/mol. The van der Waals surface area contributed by atoms with E-state index in [0.29, 0.717) is 23.9 Å². The number of thiazole rings is 1. The van der Waals surface area contributed by atoms with Crippen LogP contribution in [0.3, 0.4) is 0 Å². The van der Waals surface area contributed by atoms with Gasteiger partial charge in [0.15, 0.2) is 10.8 Å². The number of benzene rings is 1. The maximum atomic E-state index is 12.6. The lowest BCUT2D eigenvalue weighted by atomic mass is 9.90. The third-order valence-corrected chi connectivity index (χ3v) is 5.54. The van der Waals surface area contributed by atoms with Gasteiger partial charge in [-0.3, -0.25) is 4.79 Å². The van der Waals surface area contributed by atoms with Crippen LogP contribution in [0.25, 0.3) is 10.8 Å². The Morgan fingerprint density at radius 2 is 2.15 bits per heavy atom. The molecule has 138 valence electrons. The number of rotatable bonds is 5. The van der Waals surface area contributed by atoms with Gasteiger partial charge >= 0.3 is 0 Å². The summed E-state index contributed by atoms with van der Waals surface area (Å²) < 4.78 is 0. The van der Waals surface area contributed by atoms with Crippen LogP contribution < -0.4 is 10.6 Å². The van der Waals surface area contributed by atoms with Crippen LogP contribution in [-0.4, -0.2) is 33.9 Å². The quantitative estimate of drug-likeness (QED) is 0.712. The number of hydrogen-bond acceptors (Lipinski definition) is 6. The Hall–Kier alpha value is -2.64. The van der Waals surface area contributed by atoms with E-state index in [0.717, 1.165) is 23.8 Å². The van der Waals surface area contributed by atoms with Crippen LogP contribution in [0, 0.1) is 0 Å². The minimum Gasteiger partial charge on any atom is -0.346 e. The van der Waals surface area contributed by atoms with Crippen molar-refractivity contribution in [3.05, 3.63) is 64.9 Å². The number of nitrogens with one attached hydrogen (secondary N) is 2. The highest BCUT2D eigenvalue weighted by molar-refractivity contribution is 7.13. The zero-order valence-electron chi connectivity index (χ0n) is 14.9. The molecule has 1 atom stereocenters. The summed E-state index contributed by atoms with van der Waals surface area (Å²) in [5.74, 6) is 1.01. The van der Waals surface area contributed by atoms with E-state index < -0.39 is 0 Å². The molecule has 2 N–H and O–H groups in total. The van der Waals surface area contributed by atoms with E-state index in [1.807, 2.05) is 23.6 Å². The van der Waals surface area contributed by atoms with Crippen molar-refractivity contribution in [1.82, 2.24) is 25.6 Å². The van der Waals surface area contributed by atoms with E-state index in [1.165, 1.54) is 29.7 Å². The van der Waals surface area contributed by atoms with Crippen molar-refractivity contribution in [3.63, 3.8) is 0 Å². The number of aromatic nitrogens is 3. The van der Waals surface area contributed by atoms with E-state index in [9.17, 15) is 4.79 Å². The Balaban J connectivity index is 1.39. The molecule has 4 rings (SSSR count). The molecule has 3 heterocycles. The Bertz CT molecular complexity index is 906. The Morgan fingerprint density at radius 1 is 1.26 bits per heavy atom. The maximum absolute atomic E-state index is 12.6. The number of piperidine rings is 1. The Morgan fingerprint density at radius 3 is 2.96 bits per heavy atom. The molecule has 1 fully saturated rings. The third-order valence-electron chi connectivity index (χ3n) is 4.66. The molecule has 1 amide bonds. The first-order chi connectivity index (χ1) is 13.3. The molecule has 0 spiro atoms. The zero-order chi connectivity index (χ0) is 18.5. The molecule has 1 aliphatic heterocycles. The molecule has 6 nitrogen and oxygen atoms in total. The summed E-state index contributed by atoms with van der Waals surface area (Å²) in [6.07, 6.45) is 5.74. The van der Waals surface area contributed by atoms with Crippen LogP contribution in [0.1, 0.15) is 40.4 Å². The van der Waals surface area contributed by atoms with Gasteiger partial charge in [0.2, 0.25) is 0 Å². The lowest BCUT2D eigenvalue weighted by molar-refractivity contribution is 0.0950. The SMILES string of the molecule is O=C(NCc1csc(-c2ncccn2)n1)c1cccc(C2CCCNC2)c1. The molecular weight excluding hydrogens is 358 g/mol. The van der Waals surface area contributed by atoms with Crippen molar-refractivity contribution in [2.75, 3.05) is 13.1 Å².